The van der Waals surface area contributed by atoms with E-state index < -0.39 is 6.09 Å². The summed E-state index contributed by atoms with van der Waals surface area (Å²) in [6, 6.07) is 8.03. The van der Waals surface area contributed by atoms with Gasteiger partial charge in [-0.25, -0.2) is 4.79 Å². The van der Waals surface area contributed by atoms with Gasteiger partial charge < -0.3 is 15.0 Å². The van der Waals surface area contributed by atoms with Gasteiger partial charge in [0, 0.05) is 13.6 Å². The molecule has 2 atom stereocenters. The predicted octanol–water partition coefficient (Wildman–Crippen LogP) is 4.58. The number of likely N-dealkylation sites (tertiary alicyclic amines) is 1. The topological polar surface area (TPSA) is 41.6 Å². The first-order valence-electron chi connectivity index (χ1n) is 9.72. The standard InChI is InChI=1S/C21H34N2O2/c1-5-6-7-8-13-23-14-12-21(3,17(2)16-23)18-10-9-11-19(15-18)25-20(24)22-4/h9-11,15,17H,5-8,12-14,16H2,1-4H3,(H,22,24)/t17-,21+/m1/s1. The fourth-order valence-corrected chi connectivity index (χ4v) is 3.78. The average Bonchev–Trinajstić information content (AvgIpc) is 2.62. The van der Waals surface area contributed by atoms with E-state index in [1.807, 2.05) is 18.2 Å². The lowest BCUT2D eigenvalue weighted by atomic mass is 9.68. The van der Waals surface area contributed by atoms with E-state index in [0.717, 1.165) is 19.5 Å². The van der Waals surface area contributed by atoms with Crippen molar-refractivity contribution in [2.24, 2.45) is 5.92 Å². The van der Waals surface area contributed by atoms with Crippen molar-refractivity contribution in [3.8, 4) is 5.75 Å². The van der Waals surface area contributed by atoms with Crippen LogP contribution < -0.4 is 10.1 Å². The van der Waals surface area contributed by atoms with E-state index >= 15 is 0 Å². The minimum absolute atomic E-state index is 0.127. The Morgan fingerprint density at radius 3 is 2.84 bits per heavy atom. The second kappa shape index (κ2) is 9.23. The van der Waals surface area contributed by atoms with E-state index in [4.69, 9.17) is 4.74 Å². The summed E-state index contributed by atoms with van der Waals surface area (Å²) in [4.78, 5) is 14.1. The summed E-state index contributed by atoms with van der Waals surface area (Å²) in [6.07, 6.45) is 6.02. The minimum atomic E-state index is -0.419. The molecular weight excluding hydrogens is 312 g/mol. The third kappa shape index (κ3) is 5.21. The van der Waals surface area contributed by atoms with Gasteiger partial charge in [-0.05, 0) is 55.0 Å². The molecule has 0 spiro atoms. The summed E-state index contributed by atoms with van der Waals surface area (Å²) in [5.41, 5.74) is 1.40. The molecule has 1 aromatic carbocycles. The van der Waals surface area contributed by atoms with Crippen LogP contribution in [0, 0.1) is 5.92 Å². The molecule has 0 bridgehead atoms. The lowest BCUT2D eigenvalue weighted by Gasteiger charge is -2.45. The van der Waals surface area contributed by atoms with Crippen molar-refractivity contribution in [1.82, 2.24) is 10.2 Å². The molecule has 1 aromatic rings. The van der Waals surface area contributed by atoms with Crippen LogP contribution in [0.2, 0.25) is 0 Å². The first-order chi connectivity index (χ1) is 12.0. The molecule has 0 aromatic heterocycles. The zero-order valence-corrected chi connectivity index (χ0v) is 16.3. The Labute approximate surface area is 152 Å². The number of hydrogen-bond acceptors (Lipinski definition) is 3. The molecule has 25 heavy (non-hydrogen) atoms. The third-order valence-electron chi connectivity index (χ3n) is 5.80. The molecule has 1 saturated heterocycles. The van der Waals surface area contributed by atoms with Crippen LogP contribution in [-0.2, 0) is 5.41 Å². The van der Waals surface area contributed by atoms with Crippen LogP contribution >= 0.6 is 0 Å². The zero-order chi connectivity index (χ0) is 18.3. The van der Waals surface area contributed by atoms with E-state index in [2.05, 4.69) is 37.1 Å². The number of piperidine rings is 1. The van der Waals surface area contributed by atoms with E-state index in [-0.39, 0.29) is 5.41 Å². The lowest BCUT2D eigenvalue weighted by Crippen LogP contribution is -2.47. The highest BCUT2D eigenvalue weighted by atomic mass is 16.5. The van der Waals surface area contributed by atoms with Crippen molar-refractivity contribution in [1.29, 1.82) is 0 Å². The number of hydrogen-bond donors (Lipinski definition) is 1. The second-order valence-corrected chi connectivity index (χ2v) is 7.60. The zero-order valence-electron chi connectivity index (χ0n) is 16.3. The van der Waals surface area contributed by atoms with Gasteiger partial charge in [0.1, 0.15) is 5.75 Å². The molecule has 0 aliphatic carbocycles. The monoisotopic (exact) mass is 346 g/mol. The number of benzene rings is 1. The van der Waals surface area contributed by atoms with Crippen molar-refractivity contribution < 1.29 is 9.53 Å². The van der Waals surface area contributed by atoms with Gasteiger partial charge in [-0.3, -0.25) is 0 Å². The number of ether oxygens (including phenoxy) is 1. The summed E-state index contributed by atoms with van der Waals surface area (Å²) in [5.74, 6) is 1.19. The number of nitrogens with one attached hydrogen (secondary N) is 1. The molecule has 0 saturated carbocycles. The third-order valence-corrected chi connectivity index (χ3v) is 5.80. The van der Waals surface area contributed by atoms with Gasteiger partial charge in [-0.1, -0.05) is 52.2 Å². The molecule has 140 valence electrons. The molecular formula is C21H34N2O2. The van der Waals surface area contributed by atoms with E-state index in [1.165, 1.54) is 37.8 Å². The molecule has 1 aliphatic heterocycles. The van der Waals surface area contributed by atoms with Crippen LogP contribution in [-0.4, -0.2) is 37.7 Å². The Morgan fingerprint density at radius 2 is 2.16 bits per heavy atom. The Bertz CT molecular complexity index is 561. The van der Waals surface area contributed by atoms with Crippen molar-refractivity contribution >= 4 is 6.09 Å². The van der Waals surface area contributed by atoms with Gasteiger partial charge in [0.05, 0.1) is 0 Å². The number of nitrogens with zero attached hydrogens (tertiary/aromatic N) is 1. The predicted molar refractivity (Wildman–Crippen MR) is 103 cm³/mol. The van der Waals surface area contributed by atoms with Gasteiger partial charge in [-0.2, -0.15) is 0 Å². The van der Waals surface area contributed by atoms with Crippen LogP contribution in [0.15, 0.2) is 24.3 Å². The molecule has 1 aliphatic rings. The summed E-state index contributed by atoms with van der Waals surface area (Å²) < 4.78 is 5.31. The number of carbonyl (C=O) groups excluding carboxylic acids is 1. The summed E-state index contributed by atoms with van der Waals surface area (Å²) in [7, 11) is 1.58. The first-order valence-corrected chi connectivity index (χ1v) is 9.72. The molecule has 1 N–H and O–H groups in total. The van der Waals surface area contributed by atoms with Crippen LogP contribution in [0.1, 0.15) is 58.4 Å². The second-order valence-electron chi connectivity index (χ2n) is 7.60. The van der Waals surface area contributed by atoms with E-state index in [0.29, 0.717) is 11.7 Å². The highest BCUT2D eigenvalue weighted by Crippen LogP contribution is 2.40. The maximum absolute atomic E-state index is 11.5. The number of rotatable bonds is 7. The van der Waals surface area contributed by atoms with Gasteiger partial charge >= 0.3 is 6.09 Å². The molecule has 4 nitrogen and oxygen atoms in total. The Kier molecular flexibility index (Phi) is 7.30. The number of amides is 1. The molecule has 0 unspecified atom stereocenters. The number of carbonyl (C=O) groups is 1. The summed E-state index contributed by atoms with van der Waals surface area (Å²) in [6.45, 7) is 10.5. The fraction of sp³-hybridized carbons (Fsp3) is 0.667. The highest BCUT2D eigenvalue weighted by Gasteiger charge is 2.37. The maximum Gasteiger partial charge on any atom is 0.412 e. The fourth-order valence-electron chi connectivity index (χ4n) is 3.78. The Morgan fingerprint density at radius 1 is 1.36 bits per heavy atom. The lowest BCUT2D eigenvalue weighted by molar-refractivity contribution is 0.109. The molecule has 1 amide bonds. The van der Waals surface area contributed by atoms with Crippen molar-refractivity contribution in [2.45, 2.75) is 58.3 Å². The van der Waals surface area contributed by atoms with Crippen LogP contribution in [0.25, 0.3) is 0 Å². The first kappa shape index (κ1) is 19.8. The van der Waals surface area contributed by atoms with E-state index in [9.17, 15) is 4.79 Å². The van der Waals surface area contributed by atoms with Gasteiger partial charge in [0.15, 0.2) is 0 Å². The molecule has 1 heterocycles. The van der Waals surface area contributed by atoms with Crippen LogP contribution in [0.5, 0.6) is 5.75 Å². The van der Waals surface area contributed by atoms with Crippen LogP contribution in [0.3, 0.4) is 0 Å². The number of unbranched alkanes of at least 4 members (excludes halogenated alkanes) is 3. The highest BCUT2D eigenvalue weighted by molar-refractivity contribution is 5.69. The molecule has 0 radical (unpaired) electrons. The normalized spacial score (nSPS) is 24.1. The van der Waals surface area contributed by atoms with Gasteiger partial charge in [0.25, 0.3) is 0 Å². The minimum Gasteiger partial charge on any atom is -0.410 e. The SMILES string of the molecule is CCCCCCN1CC[C@](C)(c2cccc(OC(=O)NC)c2)[C@H](C)C1. The molecule has 4 heteroatoms. The largest absolute Gasteiger partial charge is 0.412 e. The average molecular weight is 347 g/mol. The smallest absolute Gasteiger partial charge is 0.410 e. The van der Waals surface area contributed by atoms with Gasteiger partial charge in [-0.15, -0.1) is 0 Å². The maximum atomic E-state index is 11.5. The quantitative estimate of drug-likeness (QED) is 0.735. The summed E-state index contributed by atoms with van der Waals surface area (Å²) in [5, 5.41) is 2.50. The van der Waals surface area contributed by atoms with Crippen molar-refractivity contribution in [2.75, 3.05) is 26.7 Å². The van der Waals surface area contributed by atoms with E-state index in [1.54, 1.807) is 7.05 Å². The van der Waals surface area contributed by atoms with Crippen LogP contribution in [0.4, 0.5) is 4.79 Å². The van der Waals surface area contributed by atoms with Gasteiger partial charge in [0.2, 0.25) is 0 Å². The Balaban J connectivity index is 1.99. The van der Waals surface area contributed by atoms with Crippen molar-refractivity contribution in [3.05, 3.63) is 29.8 Å². The Hall–Kier alpha value is -1.55. The molecule has 1 fully saturated rings. The summed E-state index contributed by atoms with van der Waals surface area (Å²) >= 11 is 0. The molecule has 2 rings (SSSR count). The van der Waals surface area contributed by atoms with Crippen molar-refractivity contribution in [3.63, 3.8) is 0 Å².